The van der Waals surface area contributed by atoms with Gasteiger partial charge in [0.1, 0.15) is 12.2 Å². The van der Waals surface area contributed by atoms with E-state index in [0.29, 0.717) is 26.0 Å². The third kappa shape index (κ3) is 5.37. The Morgan fingerprint density at radius 3 is 2.92 bits per heavy atom. The minimum atomic E-state index is 0.0624. The largest absolute Gasteiger partial charge is 0.378 e. The van der Waals surface area contributed by atoms with Gasteiger partial charge in [0.2, 0.25) is 5.91 Å². The summed E-state index contributed by atoms with van der Waals surface area (Å²) in [5.41, 5.74) is 1.32. The Morgan fingerprint density at radius 1 is 1.31 bits per heavy atom. The zero-order chi connectivity index (χ0) is 18.2. The maximum Gasteiger partial charge on any atom is 0.221 e. The Balaban J connectivity index is 1.43. The topological polar surface area (TPSA) is 72.3 Å². The molecule has 2 heterocycles. The van der Waals surface area contributed by atoms with Gasteiger partial charge in [-0.1, -0.05) is 30.3 Å². The first-order valence-corrected chi connectivity index (χ1v) is 9.17. The van der Waals surface area contributed by atoms with Gasteiger partial charge in [-0.15, -0.1) is 0 Å². The van der Waals surface area contributed by atoms with Crippen molar-refractivity contribution < 1.29 is 9.53 Å². The summed E-state index contributed by atoms with van der Waals surface area (Å²) in [6, 6.07) is 10.6. The minimum absolute atomic E-state index is 0.0624. The van der Waals surface area contributed by atoms with E-state index in [9.17, 15) is 4.79 Å². The molecule has 1 amide bonds. The summed E-state index contributed by atoms with van der Waals surface area (Å²) in [7, 11) is 1.86. The normalized spacial score (nSPS) is 18.0. The van der Waals surface area contributed by atoms with Crippen LogP contribution in [0.4, 0.5) is 0 Å². The standard InChI is InChI=1S/C19H27N5O2/c1-23-18(21-15-22-23)7-9-20-19(25)13-17-14-26-12-11-24(17)10-8-16-5-3-2-4-6-16/h2-6,15,17H,7-14H2,1H3,(H,20,25)/t17-/m1/s1. The average molecular weight is 357 g/mol. The fourth-order valence-electron chi connectivity index (χ4n) is 3.24. The van der Waals surface area contributed by atoms with Gasteiger partial charge >= 0.3 is 0 Å². The first-order chi connectivity index (χ1) is 12.7. The Kier molecular flexibility index (Phi) is 6.74. The number of carbonyl (C=O) groups excluding carboxylic acids is 1. The number of morpholine rings is 1. The highest BCUT2D eigenvalue weighted by Gasteiger charge is 2.25. The highest BCUT2D eigenvalue weighted by Crippen LogP contribution is 2.12. The molecule has 26 heavy (non-hydrogen) atoms. The second kappa shape index (κ2) is 9.45. The van der Waals surface area contributed by atoms with Crippen LogP contribution in [0.15, 0.2) is 36.7 Å². The third-order valence-corrected chi connectivity index (χ3v) is 4.78. The van der Waals surface area contributed by atoms with Gasteiger partial charge in [-0.3, -0.25) is 14.4 Å². The van der Waals surface area contributed by atoms with Gasteiger partial charge in [0, 0.05) is 45.6 Å². The first-order valence-electron chi connectivity index (χ1n) is 9.17. The number of hydrogen-bond acceptors (Lipinski definition) is 5. The van der Waals surface area contributed by atoms with Crippen LogP contribution in [-0.2, 0) is 29.4 Å². The summed E-state index contributed by atoms with van der Waals surface area (Å²) in [6.07, 6.45) is 3.67. The van der Waals surface area contributed by atoms with Crippen molar-refractivity contribution in [1.82, 2.24) is 25.0 Å². The Bertz CT molecular complexity index is 688. The number of aromatic nitrogens is 3. The molecule has 1 aromatic heterocycles. The van der Waals surface area contributed by atoms with Crippen LogP contribution in [0.2, 0.25) is 0 Å². The van der Waals surface area contributed by atoms with Crippen LogP contribution in [0.1, 0.15) is 17.8 Å². The van der Waals surface area contributed by atoms with Gasteiger partial charge in [0.05, 0.1) is 13.2 Å². The number of carbonyl (C=O) groups is 1. The summed E-state index contributed by atoms with van der Waals surface area (Å²) in [4.78, 5) is 18.8. The van der Waals surface area contributed by atoms with Crippen LogP contribution in [-0.4, -0.2) is 64.5 Å². The number of benzene rings is 1. The van der Waals surface area contributed by atoms with Crippen molar-refractivity contribution in [2.24, 2.45) is 7.05 Å². The second-order valence-electron chi connectivity index (χ2n) is 6.60. The predicted molar refractivity (Wildman–Crippen MR) is 98.7 cm³/mol. The van der Waals surface area contributed by atoms with Crippen LogP contribution < -0.4 is 5.32 Å². The molecular weight excluding hydrogens is 330 g/mol. The molecule has 1 N–H and O–H groups in total. The van der Waals surface area contributed by atoms with Crippen LogP contribution in [0.5, 0.6) is 0 Å². The molecule has 1 saturated heterocycles. The maximum absolute atomic E-state index is 12.3. The number of nitrogens with zero attached hydrogens (tertiary/aromatic N) is 4. The molecule has 7 nitrogen and oxygen atoms in total. The Morgan fingerprint density at radius 2 is 2.15 bits per heavy atom. The molecule has 0 aliphatic carbocycles. The smallest absolute Gasteiger partial charge is 0.221 e. The predicted octanol–water partition coefficient (Wildman–Crippen LogP) is 0.807. The van der Waals surface area contributed by atoms with E-state index >= 15 is 0 Å². The van der Waals surface area contributed by atoms with E-state index in [0.717, 1.165) is 31.9 Å². The molecule has 7 heteroatoms. The molecule has 0 saturated carbocycles. The van der Waals surface area contributed by atoms with Crippen molar-refractivity contribution in [2.45, 2.75) is 25.3 Å². The van der Waals surface area contributed by atoms with Crippen LogP contribution in [0.3, 0.4) is 0 Å². The number of rotatable bonds is 8. The summed E-state index contributed by atoms with van der Waals surface area (Å²) in [6.45, 7) is 3.75. The lowest BCUT2D eigenvalue weighted by Crippen LogP contribution is -2.48. The Hall–Kier alpha value is -2.25. The molecule has 2 aromatic rings. The number of ether oxygens (including phenoxy) is 1. The molecule has 3 rings (SSSR count). The fourth-order valence-corrected chi connectivity index (χ4v) is 3.24. The zero-order valence-corrected chi connectivity index (χ0v) is 15.3. The van der Waals surface area contributed by atoms with Crippen LogP contribution >= 0.6 is 0 Å². The zero-order valence-electron chi connectivity index (χ0n) is 15.3. The molecule has 1 aliphatic rings. The molecule has 0 spiro atoms. The molecule has 0 radical (unpaired) electrons. The molecule has 140 valence electrons. The number of nitrogens with one attached hydrogen (secondary N) is 1. The summed E-state index contributed by atoms with van der Waals surface area (Å²) < 4.78 is 7.33. The van der Waals surface area contributed by atoms with E-state index < -0.39 is 0 Å². The molecule has 1 aromatic carbocycles. The lowest BCUT2D eigenvalue weighted by molar-refractivity contribution is -0.124. The van der Waals surface area contributed by atoms with Gasteiger partial charge in [-0.2, -0.15) is 5.10 Å². The third-order valence-electron chi connectivity index (χ3n) is 4.78. The second-order valence-corrected chi connectivity index (χ2v) is 6.60. The van der Waals surface area contributed by atoms with Crippen molar-refractivity contribution in [3.05, 3.63) is 48.0 Å². The lowest BCUT2D eigenvalue weighted by atomic mass is 10.1. The molecular formula is C19H27N5O2. The summed E-state index contributed by atoms with van der Waals surface area (Å²) in [5.74, 6) is 0.933. The van der Waals surface area contributed by atoms with Crippen molar-refractivity contribution >= 4 is 5.91 Å². The highest BCUT2D eigenvalue weighted by atomic mass is 16.5. The van der Waals surface area contributed by atoms with Gasteiger partial charge in [-0.25, -0.2) is 4.98 Å². The van der Waals surface area contributed by atoms with E-state index in [-0.39, 0.29) is 11.9 Å². The van der Waals surface area contributed by atoms with Crippen LogP contribution in [0, 0.1) is 0 Å². The lowest BCUT2D eigenvalue weighted by Gasteiger charge is -2.35. The highest BCUT2D eigenvalue weighted by molar-refractivity contribution is 5.76. The van der Waals surface area contributed by atoms with Crippen molar-refractivity contribution in [3.63, 3.8) is 0 Å². The van der Waals surface area contributed by atoms with Gasteiger partial charge in [0.25, 0.3) is 0 Å². The van der Waals surface area contributed by atoms with E-state index in [1.54, 1.807) is 4.68 Å². The first kappa shape index (κ1) is 18.5. The number of amides is 1. The SMILES string of the molecule is Cn1ncnc1CCNC(=O)C[C@@H]1COCCN1CCc1ccccc1. The van der Waals surface area contributed by atoms with E-state index in [2.05, 4.69) is 44.6 Å². The molecule has 1 fully saturated rings. The quantitative estimate of drug-likeness (QED) is 0.757. The fraction of sp³-hybridized carbons (Fsp3) is 0.526. The van der Waals surface area contributed by atoms with Crippen molar-refractivity contribution in [2.75, 3.05) is 32.8 Å². The molecule has 1 aliphatic heterocycles. The minimum Gasteiger partial charge on any atom is -0.378 e. The molecule has 0 bridgehead atoms. The van der Waals surface area contributed by atoms with E-state index in [1.165, 1.54) is 11.9 Å². The van der Waals surface area contributed by atoms with Gasteiger partial charge in [-0.05, 0) is 12.0 Å². The van der Waals surface area contributed by atoms with Crippen molar-refractivity contribution in [1.29, 1.82) is 0 Å². The summed E-state index contributed by atoms with van der Waals surface area (Å²) in [5, 5.41) is 7.02. The van der Waals surface area contributed by atoms with Gasteiger partial charge < -0.3 is 10.1 Å². The van der Waals surface area contributed by atoms with Gasteiger partial charge in [0.15, 0.2) is 0 Å². The summed E-state index contributed by atoms with van der Waals surface area (Å²) >= 11 is 0. The monoisotopic (exact) mass is 357 g/mol. The van der Waals surface area contributed by atoms with Crippen LogP contribution in [0.25, 0.3) is 0 Å². The maximum atomic E-state index is 12.3. The number of hydrogen-bond donors (Lipinski definition) is 1. The van der Waals surface area contributed by atoms with Crippen molar-refractivity contribution in [3.8, 4) is 0 Å². The average Bonchev–Trinajstić information content (AvgIpc) is 3.07. The number of aryl methyl sites for hydroxylation is 1. The molecule has 0 unspecified atom stereocenters. The Labute approximate surface area is 154 Å². The molecule has 1 atom stereocenters. The van der Waals surface area contributed by atoms with E-state index in [1.807, 2.05) is 13.1 Å². The van der Waals surface area contributed by atoms with E-state index in [4.69, 9.17) is 4.74 Å².